The number of hydrogen-bond donors (Lipinski definition) is 1. The molecule has 6 heteroatoms. The van der Waals surface area contributed by atoms with Crippen LogP contribution in [0.1, 0.15) is 27.9 Å². The van der Waals surface area contributed by atoms with Crippen LogP contribution in [0.25, 0.3) is 10.9 Å². The first-order valence-electron chi connectivity index (χ1n) is 10.1. The van der Waals surface area contributed by atoms with Crippen LogP contribution in [0.3, 0.4) is 0 Å². The van der Waals surface area contributed by atoms with E-state index < -0.39 is 0 Å². The van der Waals surface area contributed by atoms with Crippen LogP contribution in [0.5, 0.6) is 11.5 Å². The van der Waals surface area contributed by atoms with Gasteiger partial charge in [0.1, 0.15) is 0 Å². The highest BCUT2D eigenvalue weighted by Crippen LogP contribution is 2.38. The molecule has 0 bridgehead atoms. The molecule has 0 saturated heterocycles. The van der Waals surface area contributed by atoms with Crippen LogP contribution in [0, 0.1) is 0 Å². The van der Waals surface area contributed by atoms with E-state index in [4.69, 9.17) is 9.47 Å². The summed E-state index contributed by atoms with van der Waals surface area (Å²) < 4.78 is 10.8. The monoisotopic (exact) mass is 391 g/mol. The van der Waals surface area contributed by atoms with E-state index in [0.717, 1.165) is 49.4 Å². The summed E-state index contributed by atoms with van der Waals surface area (Å²) in [5, 5.41) is 1.31. The predicted molar refractivity (Wildman–Crippen MR) is 111 cm³/mol. The van der Waals surface area contributed by atoms with Crippen molar-refractivity contribution in [2.24, 2.45) is 0 Å². The molecular formula is C23H25N3O3. The highest BCUT2D eigenvalue weighted by atomic mass is 16.7. The molecule has 3 aromatic rings. The number of H-pyrrole nitrogens is 1. The lowest BCUT2D eigenvalue weighted by atomic mass is 10.1. The van der Waals surface area contributed by atoms with Gasteiger partial charge in [-0.3, -0.25) is 4.79 Å². The highest BCUT2D eigenvalue weighted by Gasteiger charge is 2.30. The molecule has 1 aromatic heterocycles. The topological polar surface area (TPSA) is 57.8 Å². The van der Waals surface area contributed by atoms with Gasteiger partial charge in [0, 0.05) is 42.3 Å². The number of hydrogen-bond acceptors (Lipinski definition) is 4. The second-order valence-electron chi connectivity index (χ2n) is 7.86. The Hall–Kier alpha value is -2.99. The molecule has 0 fully saturated rings. The molecule has 0 atom stereocenters. The van der Waals surface area contributed by atoms with Gasteiger partial charge in [-0.2, -0.15) is 0 Å². The second-order valence-corrected chi connectivity index (χ2v) is 7.86. The third-order valence-electron chi connectivity index (χ3n) is 5.88. The van der Waals surface area contributed by atoms with Crippen molar-refractivity contribution in [1.29, 1.82) is 0 Å². The molecule has 0 spiro atoms. The average molecular weight is 391 g/mol. The number of amides is 1. The molecule has 150 valence electrons. The molecule has 6 nitrogen and oxygen atoms in total. The molecule has 2 aliphatic rings. The SMILES string of the molecule is CN(CCCN1Cc2cc3c(cc2C1=O)OCO3)CCc1c[nH]c2ccccc12. The summed E-state index contributed by atoms with van der Waals surface area (Å²) >= 11 is 0. The van der Waals surface area contributed by atoms with Gasteiger partial charge < -0.3 is 24.3 Å². The van der Waals surface area contributed by atoms with Crippen molar-refractivity contribution in [1.82, 2.24) is 14.8 Å². The normalized spacial score (nSPS) is 15.0. The maximum atomic E-state index is 12.7. The van der Waals surface area contributed by atoms with E-state index >= 15 is 0 Å². The number of nitrogens with one attached hydrogen (secondary N) is 1. The van der Waals surface area contributed by atoms with Crippen LogP contribution in [0.2, 0.25) is 0 Å². The molecular weight excluding hydrogens is 366 g/mol. The van der Waals surface area contributed by atoms with Crippen molar-refractivity contribution < 1.29 is 14.3 Å². The molecule has 2 aromatic carbocycles. The Balaban J connectivity index is 1.11. The number of ether oxygens (including phenoxy) is 2. The Morgan fingerprint density at radius 1 is 1.14 bits per heavy atom. The number of benzene rings is 2. The highest BCUT2D eigenvalue weighted by molar-refractivity contribution is 5.99. The van der Waals surface area contributed by atoms with Crippen LogP contribution in [-0.4, -0.2) is 54.2 Å². The van der Waals surface area contributed by atoms with E-state index in [-0.39, 0.29) is 12.7 Å². The van der Waals surface area contributed by atoms with Crippen LogP contribution in [-0.2, 0) is 13.0 Å². The van der Waals surface area contributed by atoms with Gasteiger partial charge in [-0.05, 0) is 55.8 Å². The molecule has 0 unspecified atom stereocenters. The zero-order chi connectivity index (χ0) is 19.8. The van der Waals surface area contributed by atoms with Gasteiger partial charge >= 0.3 is 0 Å². The number of fused-ring (bicyclic) bond motifs is 3. The zero-order valence-electron chi connectivity index (χ0n) is 16.6. The van der Waals surface area contributed by atoms with E-state index in [1.54, 1.807) is 0 Å². The number of aromatic amines is 1. The lowest BCUT2D eigenvalue weighted by molar-refractivity contribution is 0.0771. The van der Waals surface area contributed by atoms with Crippen molar-refractivity contribution in [3.05, 3.63) is 59.3 Å². The number of carbonyl (C=O) groups excluding carboxylic acids is 1. The number of carbonyl (C=O) groups is 1. The van der Waals surface area contributed by atoms with Crippen LogP contribution < -0.4 is 9.47 Å². The average Bonchev–Trinajstić information content (AvgIpc) is 3.43. The lowest BCUT2D eigenvalue weighted by Crippen LogP contribution is -2.29. The first-order chi connectivity index (χ1) is 14.2. The summed E-state index contributed by atoms with van der Waals surface area (Å²) in [5.41, 5.74) is 4.34. The summed E-state index contributed by atoms with van der Waals surface area (Å²) in [6, 6.07) is 12.2. The number of para-hydroxylation sites is 1. The van der Waals surface area contributed by atoms with Gasteiger partial charge in [-0.1, -0.05) is 18.2 Å². The number of nitrogens with zero attached hydrogens (tertiary/aromatic N) is 2. The molecule has 0 radical (unpaired) electrons. The number of rotatable bonds is 7. The predicted octanol–water partition coefficient (Wildman–Crippen LogP) is 3.42. The molecule has 5 rings (SSSR count). The fraction of sp³-hybridized carbons (Fsp3) is 0.348. The van der Waals surface area contributed by atoms with Gasteiger partial charge in [0.25, 0.3) is 5.91 Å². The summed E-state index contributed by atoms with van der Waals surface area (Å²) in [5.74, 6) is 1.52. The second kappa shape index (κ2) is 7.44. The Bertz CT molecular complexity index is 1060. The molecule has 1 amide bonds. The summed E-state index contributed by atoms with van der Waals surface area (Å²) in [6.07, 6.45) is 4.08. The minimum atomic E-state index is 0.0970. The van der Waals surface area contributed by atoms with Gasteiger partial charge in [-0.25, -0.2) is 0 Å². The van der Waals surface area contributed by atoms with E-state index in [0.29, 0.717) is 12.3 Å². The standard InChI is InChI=1S/C23H25N3O3/c1-25(10-7-16-13-24-20-6-3-2-5-18(16)20)8-4-9-26-14-17-11-21-22(29-15-28-21)12-19(17)23(26)27/h2-3,5-6,11-13,24H,4,7-10,14-15H2,1H3. The smallest absolute Gasteiger partial charge is 0.254 e. The van der Waals surface area contributed by atoms with Crippen molar-refractivity contribution in [2.75, 3.05) is 33.5 Å². The summed E-state index contributed by atoms with van der Waals surface area (Å²) in [6.45, 7) is 3.62. The molecule has 29 heavy (non-hydrogen) atoms. The fourth-order valence-electron chi connectivity index (χ4n) is 4.24. The molecule has 3 heterocycles. The van der Waals surface area contributed by atoms with Crippen LogP contribution >= 0.6 is 0 Å². The number of aromatic nitrogens is 1. The maximum Gasteiger partial charge on any atom is 0.254 e. The Labute approximate surface area is 170 Å². The van der Waals surface area contributed by atoms with Crippen LogP contribution in [0.15, 0.2) is 42.6 Å². The van der Waals surface area contributed by atoms with Crippen molar-refractivity contribution in [3.8, 4) is 11.5 Å². The Kier molecular flexibility index (Phi) is 4.64. The van der Waals surface area contributed by atoms with E-state index in [1.165, 1.54) is 16.5 Å². The Morgan fingerprint density at radius 2 is 1.97 bits per heavy atom. The van der Waals surface area contributed by atoms with Gasteiger partial charge in [0.05, 0.1) is 0 Å². The minimum Gasteiger partial charge on any atom is -0.454 e. The molecule has 0 aliphatic carbocycles. The summed E-state index contributed by atoms with van der Waals surface area (Å²) in [7, 11) is 2.15. The largest absolute Gasteiger partial charge is 0.454 e. The van der Waals surface area contributed by atoms with Gasteiger partial charge in [0.2, 0.25) is 6.79 Å². The summed E-state index contributed by atoms with van der Waals surface area (Å²) in [4.78, 5) is 20.3. The quantitative estimate of drug-likeness (QED) is 0.671. The van der Waals surface area contributed by atoms with Crippen molar-refractivity contribution in [2.45, 2.75) is 19.4 Å². The third-order valence-corrected chi connectivity index (χ3v) is 5.88. The van der Waals surface area contributed by atoms with Crippen molar-refractivity contribution in [3.63, 3.8) is 0 Å². The molecule has 2 aliphatic heterocycles. The Morgan fingerprint density at radius 3 is 2.86 bits per heavy atom. The third kappa shape index (κ3) is 3.44. The molecule has 1 N–H and O–H groups in total. The van der Waals surface area contributed by atoms with Gasteiger partial charge in [0.15, 0.2) is 11.5 Å². The van der Waals surface area contributed by atoms with Crippen molar-refractivity contribution >= 4 is 16.8 Å². The van der Waals surface area contributed by atoms with E-state index in [2.05, 4.69) is 47.4 Å². The van der Waals surface area contributed by atoms with E-state index in [1.807, 2.05) is 17.0 Å². The first-order valence-corrected chi connectivity index (χ1v) is 10.1. The number of likely N-dealkylation sites (N-methyl/N-ethyl adjacent to an activating group) is 1. The maximum absolute atomic E-state index is 12.7. The first kappa shape index (κ1) is 18.1. The fourth-order valence-corrected chi connectivity index (χ4v) is 4.24. The molecule has 0 saturated carbocycles. The minimum absolute atomic E-state index is 0.0970. The lowest BCUT2D eigenvalue weighted by Gasteiger charge is -2.20. The van der Waals surface area contributed by atoms with E-state index in [9.17, 15) is 4.79 Å². The van der Waals surface area contributed by atoms with Crippen LogP contribution in [0.4, 0.5) is 0 Å². The van der Waals surface area contributed by atoms with Gasteiger partial charge in [-0.15, -0.1) is 0 Å². The zero-order valence-corrected chi connectivity index (χ0v) is 16.6.